The molecule has 0 saturated carbocycles. The molecule has 2 aliphatic heterocycles. The largest absolute Gasteiger partial charge is 0.343 e. The first-order valence-electron chi connectivity index (χ1n) is 6.86. The monoisotopic (exact) mass is 270 g/mol. The molecular formula is C13H22N2O2S. The van der Waals surface area contributed by atoms with E-state index in [2.05, 4.69) is 5.32 Å². The summed E-state index contributed by atoms with van der Waals surface area (Å²) in [5, 5.41) is 2.80. The van der Waals surface area contributed by atoms with Crippen molar-refractivity contribution in [3.05, 3.63) is 0 Å². The van der Waals surface area contributed by atoms with Crippen LogP contribution >= 0.6 is 11.8 Å². The van der Waals surface area contributed by atoms with Gasteiger partial charge in [0, 0.05) is 6.54 Å². The van der Waals surface area contributed by atoms with Gasteiger partial charge in [-0.25, -0.2) is 0 Å². The van der Waals surface area contributed by atoms with Crippen LogP contribution in [0.3, 0.4) is 0 Å². The third-order valence-corrected chi connectivity index (χ3v) is 4.73. The van der Waals surface area contributed by atoms with Gasteiger partial charge in [-0.1, -0.05) is 13.3 Å². The zero-order valence-corrected chi connectivity index (χ0v) is 11.8. The molecule has 1 N–H and O–H groups in total. The third-order valence-electron chi connectivity index (χ3n) is 3.68. The lowest BCUT2D eigenvalue weighted by Crippen LogP contribution is -2.58. The van der Waals surface area contributed by atoms with Gasteiger partial charge in [0.1, 0.15) is 6.04 Å². The van der Waals surface area contributed by atoms with Gasteiger partial charge in [0.15, 0.2) is 0 Å². The van der Waals surface area contributed by atoms with Crippen LogP contribution in [0.1, 0.15) is 32.6 Å². The maximum absolute atomic E-state index is 12.2. The summed E-state index contributed by atoms with van der Waals surface area (Å²) in [4.78, 5) is 25.7. The number of carbonyl (C=O) groups excluding carboxylic acids is 2. The molecule has 2 saturated heterocycles. The standard InChI is InChI=1S/C13H22N2O2S/c1-2-3-11-13(17)15(9-12(16)14-11)8-10-4-6-18-7-5-10/h10-11H,2-9H2,1H3,(H,14,16). The van der Waals surface area contributed by atoms with Crippen LogP contribution in [0.2, 0.25) is 0 Å². The Morgan fingerprint density at radius 3 is 2.72 bits per heavy atom. The number of nitrogens with one attached hydrogen (secondary N) is 1. The zero-order chi connectivity index (χ0) is 13.0. The Balaban J connectivity index is 1.92. The number of hydrogen-bond donors (Lipinski definition) is 1. The smallest absolute Gasteiger partial charge is 0.245 e. The number of rotatable bonds is 4. The Kier molecular flexibility index (Phi) is 4.92. The average molecular weight is 270 g/mol. The normalized spacial score (nSPS) is 26.3. The Labute approximate surface area is 113 Å². The number of hydrogen-bond acceptors (Lipinski definition) is 3. The summed E-state index contributed by atoms with van der Waals surface area (Å²) in [6.07, 6.45) is 4.02. The number of carbonyl (C=O) groups is 2. The second-order valence-electron chi connectivity index (χ2n) is 5.18. The highest BCUT2D eigenvalue weighted by atomic mass is 32.2. The van der Waals surface area contributed by atoms with E-state index in [4.69, 9.17) is 0 Å². The van der Waals surface area contributed by atoms with E-state index >= 15 is 0 Å². The molecule has 18 heavy (non-hydrogen) atoms. The third kappa shape index (κ3) is 3.40. The first-order chi connectivity index (χ1) is 8.70. The quantitative estimate of drug-likeness (QED) is 0.836. The Morgan fingerprint density at radius 1 is 1.33 bits per heavy atom. The molecule has 0 spiro atoms. The molecule has 0 bridgehead atoms. The SMILES string of the molecule is CCCC1NC(=O)CN(CC2CCSCC2)C1=O. The fraction of sp³-hybridized carbons (Fsp3) is 0.846. The fourth-order valence-corrected chi connectivity index (χ4v) is 3.86. The molecule has 2 aliphatic rings. The van der Waals surface area contributed by atoms with Crippen LogP contribution in [0, 0.1) is 5.92 Å². The molecule has 5 heteroatoms. The Morgan fingerprint density at radius 2 is 2.06 bits per heavy atom. The summed E-state index contributed by atoms with van der Waals surface area (Å²) in [5.41, 5.74) is 0. The van der Waals surface area contributed by atoms with Crippen LogP contribution in [0.5, 0.6) is 0 Å². The number of piperazine rings is 1. The van der Waals surface area contributed by atoms with Gasteiger partial charge in [-0.05, 0) is 36.7 Å². The van der Waals surface area contributed by atoms with Gasteiger partial charge in [-0.2, -0.15) is 11.8 Å². The van der Waals surface area contributed by atoms with Gasteiger partial charge in [0.2, 0.25) is 11.8 Å². The van der Waals surface area contributed by atoms with Crippen molar-refractivity contribution in [2.45, 2.75) is 38.6 Å². The first-order valence-corrected chi connectivity index (χ1v) is 8.02. The maximum Gasteiger partial charge on any atom is 0.245 e. The van der Waals surface area contributed by atoms with Crippen molar-refractivity contribution in [2.24, 2.45) is 5.92 Å². The topological polar surface area (TPSA) is 49.4 Å². The lowest BCUT2D eigenvalue weighted by Gasteiger charge is -2.35. The van der Waals surface area contributed by atoms with E-state index in [1.165, 1.54) is 24.3 Å². The fourth-order valence-electron chi connectivity index (χ4n) is 2.65. The van der Waals surface area contributed by atoms with E-state index in [1.54, 1.807) is 4.90 Å². The number of thioether (sulfide) groups is 1. The van der Waals surface area contributed by atoms with E-state index in [0.29, 0.717) is 5.92 Å². The van der Waals surface area contributed by atoms with Crippen molar-refractivity contribution in [1.29, 1.82) is 0 Å². The molecule has 2 rings (SSSR count). The lowest BCUT2D eigenvalue weighted by atomic mass is 10.0. The van der Waals surface area contributed by atoms with Crippen molar-refractivity contribution in [1.82, 2.24) is 10.2 Å². The summed E-state index contributed by atoms with van der Waals surface area (Å²) in [6, 6.07) is -0.283. The number of nitrogens with zero attached hydrogens (tertiary/aromatic N) is 1. The molecule has 102 valence electrons. The molecule has 1 unspecified atom stereocenters. The Hall–Kier alpha value is -0.710. The molecule has 4 nitrogen and oxygen atoms in total. The molecule has 0 aliphatic carbocycles. The van der Waals surface area contributed by atoms with Crippen LogP contribution < -0.4 is 5.32 Å². The van der Waals surface area contributed by atoms with Gasteiger partial charge in [0.05, 0.1) is 6.54 Å². The van der Waals surface area contributed by atoms with Crippen LogP contribution in [0.4, 0.5) is 0 Å². The van der Waals surface area contributed by atoms with Crippen molar-refractivity contribution in [3.8, 4) is 0 Å². The molecule has 0 aromatic heterocycles. The van der Waals surface area contributed by atoms with Crippen molar-refractivity contribution < 1.29 is 9.59 Å². The van der Waals surface area contributed by atoms with Gasteiger partial charge in [-0.15, -0.1) is 0 Å². The second-order valence-corrected chi connectivity index (χ2v) is 6.41. The van der Waals surface area contributed by atoms with Crippen molar-refractivity contribution >= 4 is 23.6 Å². The summed E-state index contributed by atoms with van der Waals surface area (Å²) in [6.45, 7) is 3.06. The maximum atomic E-state index is 12.2. The minimum atomic E-state index is -0.283. The van der Waals surface area contributed by atoms with E-state index in [1.807, 2.05) is 18.7 Å². The highest BCUT2D eigenvalue weighted by Gasteiger charge is 2.33. The first kappa shape index (κ1) is 13.7. The van der Waals surface area contributed by atoms with E-state index in [9.17, 15) is 9.59 Å². The summed E-state index contributed by atoms with van der Waals surface area (Å²) in [5.74, 6) is 3.09. The predicted octanol–water partition coefficient (Wildman–Crippen LogP) is 1.26. The molecule has 0 radical (unpaired) electrons. The minimum Gasteiger partial charge on any atom is -0.343 e. The lowest BCUT2D eigenvalue weighted by molar-refractivity contribution is -0.145. The van der Waals surface area contributed by atoms with Crippen molar-refractivity contribution in [2.75, 3.05) is 24.6 Å². The predicted molar refractivity (Wildman–Crippen MR) is 73.5 cm³/mol. The van der Waals surface area contributed by atoms with Crippen LogP contribution in [-0.4, -0.2) is 47.4 Å². The molecule has 2 fully saturated rings. The molecule has 0 aromatic rings. The van der Waals surface area contributed by atoms with E-state index < -0.39 is 0 Å². The molecule has 2 heterocycles. The van der Waals surface area contributed by atoms with Gasteiger partial charge in [0.25, 0.3) is 0 Å². The minimum absolute atomic E-state index is 0.00163. The van der Waals surface area contributed by atoms with Crippen LogP contribution in [0.15, 0.2) is 0 Å². The molecule has 1 atom stereocenters. The van der Waals surface area contributed by atoms with Gasteiger partial charge in [-0.3, -0.25) is 9.59 Å². The molecular weight excluding hydrogens is 248 g/mol. The van der Waals surface area contributed by atoms with Gasteiger partial charge >= 0.3 is 0 Å². The zero-order valence-electron chi connectivity index (χ0n) is 11.0. The summed E-state index contributed by atoms with van der Waals surface area (Å²) in [7, 11) is 0. The van der Waals surface area contributed by atoms with E-state index in [0.717, 1.165) is 19.4 Å². The van der Waals surface area contributed by atoms with Crippen LogP contribution in [-0.2, 0) is 9.59 Å². The molecule has 0 aromatic carbocycles. The number of amides is 2. The second kappa shape index (κ2) is 6.45. The van der Waals surface area contributed by atoms with E-state index in [-0.39, 0.29) is 24.4 Å². The molecule has 2 amide bonds. The highest BCUT2D eigenvalue weighted by Crippen LogP contribution is 2.24. The average Bonchev–Trinajstić information content (AvgIpc) is 2.36. The van der Waals surface area contributed by atoms with Crippen molar-refractivity contribution in [3.63, 3.8) is 0 Å². The van der Waals surface area contributed by atoms with Crippen LogP contribution in [0.25, 0.3) is 0 Å². The highest BCUT2D eigenvalue weighted by molar-refractivity contribution is 7.99. The summed E-state index contributed by atoms with van der Waals surface area (Å²) < 4.78 is 0. The summed E-state index contributed by atoms with van der Waals surface area (Å²) >= 11 is 1.99. The van der Waals surface area contributed by atoms with Gasteiger partial charge < -0.3 is 10.2 Å². The Bertz CT molecular complexity index is 316.